The van der Waals surface area contributed by atoms with E-state index in [1.165, 1.54) is 18.2 Å². The van der Waals surface area contributed by atoms with Crippen LogP contribution in [0.15, 0.2) is 125 Å². The summed E-state index contributed by atoms with van der Waals surface area (Å²) in [4.78, 5) is 45.1. The average molecular weight is 577 g/mol. The van der Waals surface area contributed by atoms with Gasteiger partial charge in [-0.1, -0.05) is 26.3 Å². The first-order chi connectivity index (χ1) is 20.3. The fourth-order valence-corrected chi connectivity index (χ4v) is 2.64. The van der Waals surface area contributed by atoms with Crippen molar-refractivity contribution in [3.05, 3.63) is 125 Å². The van der Waals surface area contributed by atoms with Crippen molar-refractivity contribution in [1.29, 1.82) is 0 Å². The summed E-state index contributed by atoms with van der Waals surface area (Å²) in [6.45, 7) is 13.2. The second kappa shape index (κ2) is 17.3. The van der Waals surface area contributed by atoms with Crippen molar-refractivity contribution in [3.8, 4) is 23.0 Å². The Hall–Kier alpha value is -6.30. The van der Waals surface area contributed by atoms with Gasteiger partial charge in [0.15, 0.2) is 11.5 Å². The van der Waals surface area contributed by atoms with Gasteiger partial charge in [-0.05, 0) is 23.6 Å². The van der Waals surface area contributed by atoms with Gasteiger partial charge in [-0.15, -0.1) is 0 Å². The van der Waals surface area contributed by atoms with Crippen molar-refractivity contribution in [2.24, 2.45) is 0 Å². The number of ether oxygens (including phenoxy) is 8. The summed E-state index contributed by atoms with van der Waals surface area (Å²) in [7, 11) is 0. The van der Waals surface area contributed by atoms with E-state index < -0.39 is 23.9 Å². The predicted octanol–water partition coefficient (Wildman–Crippen LogP) is 5.16. The fraction of sp³-hybridized carbons (Fsp3) is 0. The van der Waals surface area contributed by atoms with Crippen molar-refractivity contribution < 1.29 is 57.1 Å². The lowest BCUT2D eigenvalue weighted by molar-refractivity contribution is -0.133. The standard InChI is InChI=1S/C30H24O12/c1-5-27(31)39-13-9-35-22-17-21-18-25(37-11-15-41-29(33)7-3)26(38-12-16-42-30(34)8-4)20-23(21)24(19-22)36-10-14-40-28(32)6-2/h5-20H,1-4H2. The van der Waals surface area contributed by atoms with Crippen LogP contribution < -0.4 is 18.9 Å². The number of hydrogen-bond acceptors (Lipinski definition) is 12. The van der Waals surface area contributed by atoms with Gasteiger partial charge in [-0.2, -0.15) is 0 Å². The van der Waals surface area contributed by atoms with E-state index in [0.29, 0.717) is 10.8 Å². The van der Waals surface area contributed by atoms with Crippen molar-refractivity contribution in [2.75, 3.05) is 0 Å². The Morgan fingerprint density at radius 1 is 0.452 bits per heavy atom. The van der Waals surface area contributed by atoms with Gasteiger partial charge in [-0.3, -0.25) is 0 Å². The van der Waals surface area contributed by atoms with E-state index in [0.717, 1.165) is 74.4 Å². The van der Waals surface area contributed by atoms with Crippen molar-refractivity contribution in [2.45, 2.75) is 0 Å². The molecule has 12 nitrogen and oxygen atoms in total. The molecule has 0 bridgehead atoms. The number of benzene rings is 2. The van der Waals surface area contributed by atoms with Crippen LogP contribution in [0.5, 0.6) is 23.0 Å². The van der Waals surface area contributed by atoms with Crippen LogP contribution in [0.25, 0.3) is 10.8 Å². The monoisotopic (exact) mass is 576 g/mol. The smallest absolute Gasteiger partial charge is 0.335 e. The Morgan fingerprint density at radius 2 is 0.833 bits per heavy atom. The second-order valence-electron chi connectivity index (χ2n) is 7.07. The third-order valence-corrected chi connectivity index (χ3v) is 4.37. The normalized spacial score (nSPS) is 10.8. The van der Waals surface area contributed by atoms with Gasteiger partial charge in [0.05, 0.1) is 0 Å². The first-order valence-electron chi connectivity index (χ1n) is 11.5. The first kappa shape index (κ1) is 31.9. The molecular weight excluding hydrogens is 552 g/mol. The summed E-state index contributed by atoms with van der Waals surface area (Å²) in [5.41, 5.74) is 0. The van der Waals surface area contributed by atoms with Crippen LogP contribution in [0.2, 0.25) is 0 Å². The van der Waals surface area contributed by atoms with E-state index in [1.54, 1.807) is 6.07 Å². The van der Waals surface area contributed by atoms with Gasteiger partial charge in [-0.25, -0.2) is 19.2 Å². The molecule has 42 heavy (non-hydrogen) atoms. The van der Waals surface area contributed by atoms with Crippen LogP contribution in [-0.2, 0) is 38.1 Å². The highest BCUT2D eigenvalue weighted by atomic mass is 16.6. The molecule has 0 fully saturated rings. The van der Waals surface area contributed by atoms with Crippen LogP contribution in [0.4, 0.5) is 0 Å². The Balaban J connectivity index is 2.52. The molecule has 0 amide bonds. The lowest BCUT2D eigenvalue weighted by Gasteiger charge is -2.13. The number of rotatable bonds is 16. The summed E-state index contributed by atoms with van der Waals surface area (Å²) in [5.74, 6) is -2.18. The Labute approximate surface area is 239 Å². The zero-order chi connectivity index (χ0) is 30.7. The molecule has 12 heteroatoms. The molecule has 0 spiro atoms. The molecular formula is C30H24O12. The van der Waals surface area contributed by atoms with Crippen LogP contribution in [0.3, 0.4) is 0 Å². The van der Waals surface area contributed by atoms with Crippen LogP contribution in [-0.4, -0.2) is 23.9 Å². The maximum Gasteiger partial charge on any atom is 0.335 e. The Bertz CT molecular complexity index is 1480. The zero-order valence-corrected chi connectivity index (χ0v) is 22.0. The summed E-state index contributed by atoms with van der Waals surface area (Å²) < 4.78 is 41.3. The minimum atomic E-state index is -0.711. The minimum Gasteiger partial charge on any atom is -0.462 e. The molecule has 0 heterocycles. The topological polar surface area (TPSA) is 142 Å². The third kappa shape index (κ3) is 10.8. The van der Waals surface area contributed by atoms with E-state index >= 15 is 0 Å². The van der Waals surface area contributed by atoms with Gasteiger partial charge in [0.2, 0.25) is 0 Å². The molecule has 0 N–H and O–H groups in total. The predicted molar refractivity (Wildman–Crippen MR) is 148 cm³/mol. The highest BCUT2D eigenvalue weighted by Crippen LogP contribution is 2.39. The molecule has 216 valence electrons. The lowest BCUT2D eigenvalue weighted by Crippen LogP contribution is -1.96. The highest BCUT2D eigenvalue weighted by Gasteiger charge is 2.13. The maximum absolute atomic E-state index is 11.3. The fourth-order valence-electron chi connectivity index (χ4n) is 2.64. The van der Waals surface area contributed by atoms with Crippen molar-refractivity contribution >= 4 is 34.6 Å². The van der Waals surface area contributed by atoms with Crippen LogP contribution in [0.1, 0.15) is 0 Å². The summed E-state index contributed by atoms with van der Waals surface area (Å²) in [5, 5.41) is 0.932. The molecule has 0 unspecified atom stereocenters. The largest absolute Gasteiger partial charge is 0.462 e. The molecule has 0 saturated carbocycles. The molecule has 0 atom stereocenters. The van der Waals surface area contributed by atoms with Gasteiger partial charge in [0.1, 0.15) is 61.6 Å². The third-order valence-electron chi connectivity index (χ3n) is 4.37. The van der Waals surface area contributed by atoms with E-state index in [1.807, 2.05) is 0 Å². The average Bonchev–Trinajstić information content (AvgIpc) is 3.00. The Kier molecular flexibility index (Phi) is 13.2. The van der Waals surface area contributed by atoms with Crippen molar-refractivity contribution in [1.82, 2.24) is 0 Å². The molecule has 2 rings (SSSR count). The number of carbonyl (C=O) groups excluding carboxylic acids is 4. The van der Waals surface area contributed by atoms with Gasteiger partial charge in [0.25, 0.3) is 0 Å². The molecule has 2 aromatic carbocycles. The van der Waals surface area contributed by atoms with E-state index in [-0.39, 0.29) is 23.0 Å². The molecule has 0 aromatic heterocycles. The number of hydrogen-bond donors (Lipinski definition) is 0. The van der Waals surface area contributed by atoms with E-state index in [9.17, 15) is 19.2 Å². The SMILES string of the molecule is C=CC(=O)OC=COc1cc(OC=COC(=O)C=C)c2cc(OC=COC(=O)C=C)c(OC=COC(=O)C=C)cc2c1. The molecule has 0 radical (unpaired) electrons. The van der Waals surface area contributed by atoms with Gasteiger partial charge in [0, 0.05) is 35.8 Å². The quantitative estimate of drug-likeness (QED) is 0.113. The van der Waals surface area contributed by atoms with E-state index in [2.05, 4.69) is 26.3 Å². The number of esters is 4. The molecule has 2 aromatic rings. The van der Waals surface area contributed by atoms with Gasteiger partial charge >= 0.3 is 23.9 Å². The van der Waals surface area contributed by atoms with Crippen molar-refractivity contribution in [3.63, 3.8) is 0 Å². The summed E-state index contributed by atoms with van der Waals surface area (Å²) in [6, 6.07) is 6.10. The highest BCUT2D eigenvalue weighted by molar-refractivity contribution is 5.93. The van der Waals surface area contributed by atoms with Crippen LogP contribution >= 0.6 is 0 Å². The second-order valence-corrected chi connectivity index (χ2v) is 7.07. The molecule has 0 saturated heterocycles. The number of carbonyl (C=O) groups is 4. The minimum absolute atomic E-state index is 0.102. The first-order valence-corrected chi connectivity index (χ1v) is 11.5. The van der Waals surface area contributed by atoms with E-state index in [4.69, 9.17) is 37.9 Å². The Morgan fingerprint density at radius 3 is 1.26 bits per heavy atom. The molecule has 0 aliphatic rings. The molecule has 0 aliphatic heterocycles. The summed E-state index contributed by atoms with van der Waals surface area (Å²) >= 11 is 0. The van der Waals surface area contributed by atoms with Crippen LogP contribution in [0, 0.1) is 0 Å². The van der Waals surface area contributed by atoms with Gasteiger partial charge < -0.3 is 37.9 Å². The molecule has 0 aliphatic carbocycles. The summed E-state index contributed by atoms with van der Waals surface area (Å²) in [6.07, 6.45) is 12.2. The zero-order valence-electron chi connectivity index (χ0n) is 22.0. The number of fused-ring (bicyclic) bond motifs is 1. The maximum atomic E-state index is 11.3. The lowest BCUT2D eigenvalue weighted by atomic mass is 10.1.